The summed E-state index contributed by atoms with van der Waals surface area (Å²) < 4.78 is 0. The van der Waals surface area contributed by atoms with E-state index in [0.717, 1.165) is 19.6 Å². The van der Waals surface area contributed by atoms with Gasteiger partial charge in [0.2, 0.25) is 0 Å². The van der Waals surface area contributed by atoms with Gasteiger partial charge in [-0.15, -0.1) is 0 Å². The molecule has 0 saturated heterocycles. The summed E-state index contributed by atoms with van der Waals surface area (Å²) in [6.45, 7) is 9.84. The highest BCUT2D eigenvalue weighted by atomic mass is 15.0. The van der Waals surface area contributed by atoms with Crippen LogP contribution in [-0.2, 0) is 0 Å². The van der Waals surface area contributed by atoms with Crippen molar-refractivity contribution in [3.8, 4) is 0 Å². The van der Waals surface area contributed by atoms with Crippen molar-refractivity contribution < 1.29 is 0 Å². The summed E-state index contributed by atoms with van der Waals surface area (Å²) in [6, 6.07) is 2.07. The van der Waals surface area contributed by atoms with E-state index in [9.17, 15) is 0 Å². The second-order valence-electron chi connectivity index (χ2n) is 4.47. The maximum absolute atomic E-state index is 3.58. The summed E-state index contributed by atoms with van der Waals surface area (Å²) in [6.07, 6.45) is 3.84. The molecule has 0 aromatic rings. The maximum atomic E-state index is 3.58. The Hall–Kier alpha value is -0.120. The molecule has 0 amide bonds. The summed E-state index contributed by atoms with van der Waals surface area (Å²) in [4.78, 5) is 0. The van der Waals surface area contributed by atoms with Gasteiger partial charge < -0.3 is 16.0 Å². The Balaban J connectivity index is 2.40. The molecule has 0 aromatic carbocycles. The molecule has 0 bridgehead atoms. The van der Waals surface area contributed by atoms with Crippen molar-refractivity contribution in [1.82, 2.24) is 16.0 Å². The highest BCUT2D eigenvalue weighted by Gasteiger charge is 2.27. The first-order valence-corrected chi connectivity index (χ1v) is 6.50. The lowest BCUT2D eigenvalue weighted by molar-refractivity contribution is 0.256. The molecule has 0 radical (unpaired) electrons. The lowest BCUT2D eigenvalue weighted by Gasteiger charge is -2.36. The predicted octanol–water partition coefficient (Wildman–Crippen LogP) is 1.10. The van der Waals surface area contributed by atoms with Gasteiger partial charge >= 0.3 is 0 Å². The first-order chi connectivity index (χ1) is 7.30. The van der Waals surface area contributed by atoms with Crippen LogP contribution >= 0.6 is 0 Å². The van der Waals surface area contributed by atoms with Crippen molar-refractivity contribution in [3.05, 3.63) is 0 Å². The van der Waals surface area contributed by atoms with Crippen molar-refractivity contribution in [2.24, 2.45) is 0 Å². The summed E-state index contributed by atoms with van der Waals surface area (Å²) in [7, 11) is 0. The SMILES string of the molecule is CCNC1CC(NCC)CC(NCC)C1. The van der Waals surface area contributed by atoms with E-state index >= 15 is 0 Å². The van der Waals surface area contributed by atoms with Crippen LogP contribution in [0.2, 0.25) is 0 Å². The van der Waals surface area contributed by atoms with Crippen LogP contribution < -0.4 is 16.0 Å². The molecule has 3 nitrogen and oxygen atoms in total. The van der Waals surface area contributed by atoms with E-state index in [1.165, 1.54) is 19.3 Å². The van der Waals surface area contributed by atoms with Gasteiger partial charge in [-0.2, -0.15) is 0 Å². The Morgan fingerprint density at radius 3 is 1.13 bits per heavy atom. The van der Waals surface area contributed by atoms with Gasteiger partial charge in [-0.05, 0) is 38.9 Å². The van der Waals surface area contributed by atoms with Gasteiger partial charge in [-0.25, -0.2) is 0 Å². The lowest BCUT2D eigenvalue weighted by atomic mass is 9.87. The van der Waals surface area contributed by atoms with Crippen molar-refractivity contribution in [2.75, 3.05) is 19.6 Å². The first kappa shape index (κ1) is 12.9. The molecule has 1 aliphatic rings. The Morgan fingerprint density at radius 2 is 0.933 bits per heavy atom. The third-order valence-electron chi connectivity index (χ3n) is 3.19. The molecule has 1 rings (SSSR count). The molecule has 90 valence electrons. The normalized spacial score (nSPS) is 31.8. The topological polar surface area (TPSA) is 36.1 Å². The zero-order valence-corrected chi connectivity index (χ0v) is 10.5. The largest absolute Gasteiger partial charge is 0.314 e. The zero-order valence-electron chi connectivity index (χ0n) is 10.5. The zero-order chi connectivity index (χ0) is 11.1. The fourth-order valence-corrected chi connectivity index (χ4v) is 2.69. The monoisotopic (exact) mass is 213 g/mol. The van der Waals surface area contributed by atoms with Crippen molar-refractivity contribution in [1.29, 1.82) is 0 Å². The van der Waals surface area contributed by atoms with Crippen LogP contribution in [0.15, 0.2) is 0 Å². The molecule has 0 atom stereocenters. The lowest BCUT2D eigenvalue weighted by Crippen LogP contribution is -2.50. The molecular weight excluding hydrogens is 186 g/mol. The molecular formula is C12H27N3. The number of hydrogen-bond acceptors (Lipinski definition) is 3. The summed E-state index contributed by atoms with van der Waals surface area (Å²) in [5.74, 6) is 0. The highest BCUT2D eigenvalue weighted by molar-refractivity contribution is 4.89. The van der Waals surface area contributed by atoms with E-state index in [2.05, 4.69) is 36.7 Å². The van der Waals surface area contributed by atoms with Gasteiger partial charge in [-0.1, -0.05) is 20.8 Å². The minimum atomic E-state index is 0.692. The van der Waals surface area contributed by atoms with Crippen LogP contribution in [0.1, 0.15) is 40.0 Å². The molecule has 3 N–H and O–H groups in total. The standard InChI is InChI=1S/C12H27N3/c1-4-13-10-7-11(14-5-2)9-12(8-10)15-6-3/h10-15H,4-9H2,1-3H3. The van der Waals surface area contributed by atoms with Crippen LogP contribution in [0.4, 0.5) is 0 Å². The molecule has 1 fully saturated rings. The average Bonchev–Trinajstić information content (AvgIpc) is 2.19. The number of nitrogens with one attached hydrogen (secondary N) is 3. The van der Waals surface area contributed by atoms with Crippen molar-refractivity contribution >= 4 is 0 Å². The minimum absolute atomic E-state index is 0.692. The van der Waals surface area contributed by atoms with Gasteiger partial charge in [-0.3, -0.25) is 0 Å². The first-order valence-electron chi connectivity index (χ1n) is 6.50. The van der Waals surface area contributed by atoms with E-state index < -0.39 is 0 Å². The molecule has 0 unspecified atom stereocenters. The summed E-state index contributed by atoms with van der Waals surface area (Å²) >= 11 is 0. The van der Waals surface area contributed by atoms with Crippen molar-refractivity contribution in [3.63, 3.8) is 0 Å². The molecule has 1 saturated carbocycles. The smallest absolute Gasteiger partial charge is 0.00965 e. The predicted molar refractivity (Wildman–Crippen MR) is 66.2 cm³/mol. The van der Waals surface area contributed by atoms with Gasteiger partial charge in [0.15, 0.2) is 0 Å². The third-order valence-corrected chi connectivity index (χ3v) is 3.19. The minimum Gasteiger partial charge on any atom is -0.314 e. The quantitative estimate of drug-likeness (QED) is 0.618. The highest BCUT2D eigenvalue weighted by Crippen LogP contribution is 2.19. The Bertz CT molecular complexity index is 126. The molecule has 15 heavy (non-hydrogen) atoms. The van der Waals surface area contributed by atoms with Gasteiger partial charge in [0.25, 0.3) is 0 Å². The Labute approximate surface area is 94.4 Å². The maximum Gasteiger partial charge on any atom is 0.00965 e. The van der Waals surface area contributed by atoms with Gasteiger partial charge in [0.1, 0.15) is 0 Å². The van der Waals surface area contributed by atoms with Crippen LogP contribution in [0, 0.1) is 0 Å². The molecule has 0 spiro atoms. The van der Waals surface area contributed by atoms with Crippen LogP contribution in [0.5, 0.6) is 0 Å². The fourth-order valence-electron chi connectivity index (χ4n) is 2.69. The summed E-state index contributed by atoms with van der Waals surface area (Å²) in [5.41, 5.74) is 0. The van der Waals surface area contributed by atoms with E-state index in [1.807, 2.05) is 0 Å². The summed E-state index contributed by atoms with van der Waals surface area (Å²) in [5, 5.41) is 10.7. The average molecular weight is 213 g/mol. The van der Waals surface area contributed by atoms with Gasteiger partial charge in [0, 0.05) is 18.1 Å². The van der Waals surface area contributed by atoms with Crippen LogP contribution in [-0.4, -0.2) is 37.8 Å². The number of rotatable bonds is 6. The van der Waals surface area contributed by atoms with E-state index in [4.69, 9.17) is 0 Å². The van der Waals surface area contributed by atoms with E-state index in [1.54, 1.807) is 0 Å². The Kier molecular flexibility index (Phi) is 6.22. The molecule has 0 aliphatic heterocycles. The van der Waals surface area contributed by atoms with Crippen molar-refractivity contribution in [2.45, 2.75) is 58.2 Å². The molecule has 0 aromatic heterocycles. The second-order valence-corrected chi connectivity index (χ2v) is 4.47. The third kappa shape index (κ3) is 4.49. The Morgan fingerprint density at radius 1 is 0.667 bits per heavy atom. The van der Waals surface area contributed by atoms with Crippen LogP contribution in [0.3, 0.4) is 0 Å². The number of hydrogen-bond donors (Lipinski definition) is 3. The molecule has 3 heteroatoms. The van der Waals surface area contributed by atoms with Crippen LogP contribution in [0.25, 0.3) is 0 Å². The molecule has 0 heterocycles. The van der Waals surface area contributed by atoms with Gasteiger partial charge in [0.05, 0.1) is 0 Å². The molecule has 1 aliphatic carbocycles. The second kappa shape index (κ2) is 7.20. The fraction of sp³-hybridized carbons (Fsp3) is 1.00. The van der Waals surface area contributed by atoms with E-state index in [-0.39, 0.29) is 0 Å². The van der Waals surface area contributed by atoms with E-state index in [0.29, 0.717) is 18.1 Å².